The number of hydrogen-bond acceptors (Lipinski definition) is 3. The summed E-state index contributed by atoms with van der Waals surface area (Å²) in [5, 5.41) is 2.95. The SMILES string of the molecule is CC1NCCN(C=O)C1=O. The molecule has 1 fully saturated rings. The lowest BCUT2D eigenvalue weighted by atomic mass is 10.2. The Hall–Kier alpha value is -0.900. The van der Waals surface area contributed by atoms with E-state index in [0.29, 0.717) is 19.5 Å². The molecule has 1 rings (SSSR count). The molecular formula is C6H10N2O2. The van der Waals surface area contributed by atoms with Crippen molar-refractivity contribution >= 4 is 12.3 Å². The zero-order valence-corrected chi connectivity index (χ0v) is 5.83. The Bertz CT molecular complexity index is 158. The third kappa shape index (κ3) is 1.16. The van der Waals surface area contributed by atoms with E-state index in [2.05, 4.69) is 5.32 Å². The van der Waals surface area contributed by atoms with Gasteiger partial charge in [0.1, 0.15) is 0 Å². The summed E-state index contributed by atoms with van der Waals surface area (Å²) in [6, 6.07) is -0.209. The van der Waals surface area contributed by atoms with Gasteiger partial charge in [0.15, 0.2) is 0 Å². The highest BCUT2D eigenvalue weighted by Gasteiger charge is 2.23. The number of carbonyl (C=O) groups excluding carboxylic acids is 2. The van der Waals surface area contributed by atoms with Crippen molar-refractivity contribution in [1.29, 1.82) is 0 Å². The van der Waals surface area contributed by atoms with Crippen LogP contribution in [0.25, 0.3) is 0 Å². The van der Waals surface area contributed by atoms with Crippen LogP contribution in [0.3, 0.4) is 0 Å². The number of hydrogen-bond donors (Lipinski definition) is 1. The molecule has 1 aliphatic rings. The Kier molecular flexibility index (Phi) is 2.01. The third-order valence-electron chi connectivity index (χ3n) is 1.58. The summed E-state index contributed by atoms with van der Waals surface area (Å²) in [5.41, 5.74) is 0. The van der Waals surface area contributed by atoms with Gasteiger partial charge in [0.05, 0.1) is 6.04 Å². The Morgan fingerprint density at radius 3 is 3.00 bits per heavy atom. The molecule has 1 unspecified atom stereocenters. The van der Waals surface area contributed by atoms with Crippen LogP contribution in [0.15, 0.2) is 0 Å². The maximum atomic E-state index is 11.0. The third-order valence-corrected chi connectivity index (χ3v) is 1.58. The van der Waals surface area contributed by atoms with Gasteiger partial charge in [-0.3, -0.25) is 14.5 Å². The summed E-state index contributed by atoms with van der Waals surface area (Å²) in [6.07, 6.45) is 0.583. The molecule has 0 aromatic rings. The predicted molar refractivity (Wildman–Crippen MR) is 35.2 cm³/mol. The summed E-state index contributed by atoms with van der Waals surface area (Å²) in [6.45, 7) is 2.94. The van der Waals surface area contributed by atoms with Crippen LogP contribution in [0, 0.1) is 0 Å². The van der Waals surface area contributed by atoms with Gasteiger partial charge in [-0.05, 0) is 6.92 Å². The second-order valence-electron chi connectivity index (χ2n) is 2.31. The van der Waals surface area contributed by atoms with Crippen LogP contribution in [0.2, 0.25) is 0 Å². The van der Waals surface area contributed by atoms with Gasteiger partial charge in [0.2, 0.25) is 12.3 Å². The first-order valence-electron chi connectivity index (χ1n) is 3.25. The second kappa shape index (κ2) is 2.79. The van der Waals surface area contributed by atoms with Crippen LogP contribution >= 0.6 is 0 Å². The van der Waals surface area contributed by atoms with Crippen LogP contribution in [-0.4, -0.2) is 36.3 Å². The van der Waals surface area contributed by atoms with Gasteiger partial charge in [0.25, 0.3) is 0 Å². The van der Waals surface area contributed by atoms with E-state index >= 15 is 0 Å². The number of imide groups is 1. The quantitative estimate of drug-likeness (QED) is 0.476. The molecule has 0 aliphatic carbocycles. The van der Waals surface area contributed by atoms with E-state index in [1.807, 2.05) is 0 Å². The topological polar surface area (TPSA) is 49.4 Å². The number of rotatable bonds is 1. The number of amides is 2. The smallest absolute Gasteiger partial charge is 0.245 e. The van der Waals surface area contributed by atoms with Crippen molar-refractivity contribution in [3.63, 3.8) is 0 Å². The normalized spacial score (nSPS) is 26.7. The minimum atomic E-state index is -0.209. The molecule has 1 heterocycles. The van der Waals surface area contributed by atoms with Crippen molar-refractivity contribution in [2.45, 2.75) is 13.0 Å². The maximum absolute atomic E-state index is 11.0. The van der Waals surface area contributed by atoms with Crippen LogP contribution in [0.5, 0.6) is 0 Å². The number of nitrogens with zero attached hydrogens (tertiary/aromatic N) is 1. The van der Waals surface area contributed by atoms with Crippen LogP contribution in [-0.2, 0) is 9.59 Å². The molecule has 4 nitrogen and oxygen atoms in total. The average Bonchev–Trinajstić information content (AvgIpc) is 1.95. The summed E-state index contributed by atoms with van der Waals surface area (Å²) >= 11 is 0. The molecule has 0 aromatic heterocycles. The fourth-order valence-corrected chi connectivity index (χ4v) is 0.952. The van der Waals surface area contributed by atoms with E-state index in [4.69, 9.17) is 0 Å². The fraction of sp³-hybridized carbons (Fsp3) is 0.667. The predicted octanol–water partition coefficient (Wildman–Crippen LogP) is -1.04. The molecule has 0 saturated carbocycles. The number of nitrogens with one attached hydrogen (secondary N) is 1. The second-order valence-corrected chi connectivity index (χ2v) is 2.31. The van der Waals surface area contributed by atoms with Gasteiger partial charge >= 0.3 is 0 Å². The summed E-state index contributed by atoms with van der Waals surface area (Å²) in [5.74, 6) is -0.138. The Labute approximate surface area is 59.2 Å². The van der Waals surface area contributed by atoms with Crippen LogP contribution < -0.4 is 5.32 Å². The molecule has 2 amide bonds. The van der Waals surface area contributed by atoms with Crippen LogP contribution in [0.4, 0.5) is 0 Å². The first kappa shape index (κ1) is 7.21. The lowest BCUT2D eigenvalue weighted by Crippen LogP contribution is -2.52. The Morgan fingerprint density at radius 1 is 1.80 bits per heavy atom. The first-order chi connectivity index (χ1) is 4.75. The van der Waals surface area contributed by atoms with Gasteiger partial charge in [-0.1, -0.05) is 0 Å². The molecule has 1 N–H and O–H groups in total. The summed E-state index contributed by atoms with van der Waals surface area (Å²) < 4.78 is 0. The molecule has 0 aromatic carbocycles. The monoisotopic (exact) mass is 142 g/mol. The minimum absolute atomic E-state index is 0.138. The molecule has 0 bridgehead atoms. The molecule has 1 atom stereocenters. The molecule has 1 aliphatic heterocycles. The van der Waals surface area contributed by atoms with E-state index < -0.39 is 0 Å². The highest BCUT2D eigenvalue weighted by atomic mass is 16.2. The lowest BCUT2D eigenvalue weighted by Gasteiger charge is -2.26. The highest BCUT2D eigenvalue weighted by molar-refractivity contribution is 5.90. The van der Waals surface area contributed by atoms with E-state index in [1.165, 1.54) is 4.90 Å². The molecule has 4 heteroatoms. The molecule has 1 saturated heterocycles. The Morgan fingerprint density at radius 2 is 2.50 bits per heavy atom. The van der Waals surface area contributed by atoms with Gasteiger partial charge in [-0.2, -0.15) is 0 Å². The fourth-order valence-electron chi connectivity index (χ4n) is 0.952. The zero-order chi connectivity index (χ0) is 7.56. The van der Waals surface area contributed by atoms with Crippen molar-refractivity contribution in [1.82, 2.24) is 10.2 Å². The van der Waals surface area contributed by atoms with Crippen molar-refractivity contribution < 1.29 is 9.59 Å². The standard InChI is InChI=1S/C6H10N2O2/c1-5-6(10)8(4-9)3-2-7-5/h4-5,7H,2-3H2,1H3. The summed E-state index contributed by atoms with van der Waals surface area (Å²) in [4.78, 5) is 22.4. The van der Waals surface area contributed by atoms with E-state index in [9.17, 15) is 9.59 Å². The zero-order valence-electron chi connectivity index (χ0n) is 5.83. The van der Waals surface area contributed by atoms with E-state index in [1.54, 1.807) is 6.92 Å². The van der Waals surface area contributed by atoms with Crippen molar-refractivity contribution in [2.24, 2.45) is 0 Å². The molecule has 10 heavy (non-hydrogen) atoms. The van der Waals surface area contributed by atoms with Crippen molar-refractivity contribution in [3.8, 4) is 0 Å². The number of carbonyl (C=O) groups is 2. The number of piperazine rings is 1. The lowest BCUT2D eigenvalue weighted by molar-refractivity contribution is -0.141. The molecular weight excluding hydrogens is 132 g/mol. The molecule has 0 radical (unpaired) electrons. The van der Waals surface area contributed by atoms with Crippen molar-refractivity contribution in [2.75, 3.05) is 13.1 Å². The van der Waals surface area contributed by atoms with Crippen LogP contribution in [0.1, 0.15) is 6.92 Å². The molecule has 0 spiro atoms. The maximum Gasteiger partial charge on any atom is 0.245 e. The van der Waals surface area contributed by atoms with E-state index in [0.717, 1.165) is 0 Å². The Balaban J connectivity index is 2.59. The van der Waals surface area contributed by atoms with Crippen molar-refractivity contribution in [3.05, 3.63) is 0 Å². The van der Waals surface area contributed by atoms with Gasteiger partial charge < -0.3 is 5.32 Å². The van der Waals surface area contributed by atoms with Gasteiger partial charge in [0, 0.05) is 13.1 Å². The summed E-state index contributed by atoms with van der Waals surface area (Å²) in [7, 11) is 0. The van der Waals surface area contributed by atoms with Gasteiger partial charge in [-0.25, -0.2) is 0 Å². The largest absolute Gasteiger partial charge is 0.304 e. The molecule has 56 valence electrons. The average molecular weight is 142 g/mol. The van der Waals surface area contributed by atoms with Gasteiger partial charge in [-0.15, -0.1) is 0 Å². The first-order valence-corrected chi connectivity index (χ1v) is 3.25. The highest BCUT2D eigenvalue weighted by Crippen LogP contribution is 1.96. The van der Waals surface area contributed by atoms with E-state index in [-0.39, 0.29) is 11.9 Å². The minimum Gasteiger partial charge on any atom is -0.304 e.